The van der Waals surface area contributed by atoms with E-state index in [2.05, 4.69) is 0 Å². The molecule has 0 N–H and O–H groups in total. The Hall–Kier alpha value is -4.55. The summed E-state index contributed by atoms with van der Waals surface area (Å²) in [4.78, 5) is 45.7. The SMILES string of the molecule is COc1ccc([C@@H]2[C@@H](C(=O)c3ccc(F)cc3)N3c4ccc(Cl)cc4C=C[C@@H]3C23C(=O)c2ccccc2C3=O)cc1. The highest BCUT2D eigenvalue weighted by molar-refractivity contribution is 6.32. The lowest BCUT2D eigenvalue weighted by Crippen LogP contribution is -2.48. The number of carbonyl (C=O) groups is 3. The van der Waals surface area contributed by atoms with Crippen LogP contribution < -0.4 is 9.64 Å². The van der Waals surface area contributed by atoms with Crippen LogP contribution in [0.25, 0.3) is 6.08 Å². The van der Waals surface area contributed by atoms with Crippen molar-refractivity contribution in [1.29, 1.82) is 0 Å². The van der Waals surface area contributed by atoms with E-state index in [1.165, 1.54) is 24.3 Å². The molecule has 0 aromatic heterocycles. The molecule has 7 heteroatoms. The molecule has 5 nitrogen and oxygen atoms in total. The van der Waals surface area contributed by atoms with Crippen LogP contribution in [0.2, 0.25) is 5.02 Å². The van der Waals surface area contributed by atoms with E-state index < -0.39 is 29.2 Å². The third kappa shape index (κ3) is 3.50. The average molecular weight is 564 g/mol. The van der Waals surface area contributed by atoms with E-state index in [9.17, 15) is 18.8 Å². The lowest BCUT2D eigenvalue weighted by atomic mass is 9.64. The molecular formula is C34H23ClFNO4. The number of ether oxygens (including phenoxy) is 1. The highest BCUT2D eigenvalue weighted by atomic mass is 35.5. The van der Waals surface area contributed by atoms with Gasteiger partial charge < -0.3 is 9.64 Å². The third-order valence-corrected chi connectivity index (χ3v) is 8.87. The molecule has 0 radical (unpaired) electrons. The van der Waals surface area contributed by atoms with Gasteiger partial charge in [0.25, 0.3) is 0 Å². The monoisotopic (exact) mass is 563 g/mol. The Kier molecular flexibility index (Phi) is 5.73. The molecule has 0 unspecified atom stereocenters. The molecule has 4 aromatic rings. The van der Waals surface area contributed by atoms with Gasteiger partial charge in [-0.1, -0.05) is 60.2 Å². The second-order valence-electron chi connectivity index (χ2n) is 10.6. The van der Waals surface area contributed by atoms with E-state index in [1.54, 1.807) is 55.6 Å². The summed E-state index contributed by atoms with van der Waals surface area (Å²) in [5, 5.41) is 0.523. The second-order valence-corrected chi connectivity index (χ2v) is 11.0. The predicted octanol–water partition coefficient (Wildman–Crippen LogP) is 6.80. The van der Waals surface area contributed by atoms with Crippen LogP contribution in [0, 0.1) is 11.2 Å². The van der Waals surface area contributed by atoms with Gasteiger partial charge in [-0.15, -0.1) is 0 Å². The molecule has 1 spiro atoms. The molecule has 1 saturated heterocycles. The zero-order valence-corrected chi connectivity index (χ0v) is 22.6. The largest absolute Gasteiger partial charge is 0.497 e. The second kappa shape index (κ2) is 9.25. The summed E-state index contributed by atoms with van der Waals surface area (Å²) in [5.74, 6) is -1.68. The number of rotatable bonds is 4. The van der Waals surface area contributed by atoms with Crippen LogP contribution in [0.5, 0.6) is 5.75 Å². The summed E-state index contributed by atoms with van der Waals surface area (Å²) in [6.07, 6.45) is 3.71. The van der Waals surface area contributed by atoms with E-state index >= 15 is 0 Å². The summed E-state index contributed by atoms with van der Waals surface area (Å²) >= 11 is 6.34. The highest BCUT2D eigenvalue weighted by Crippen LogP contribution is 2.61. The number of hydrogen-bond donors (Lipinski definition) is 0. The standard InChI is InChI=1S/C34H23ClFNO4/c1-41-24-14-8-19(9-15-24)29-30(31(38)20-6-12-23(36)13-7-20)37-27-16-11-22(35)18-21(27)10-17-28(37)34(29)32(39)25-4-2-3-5-26(25)33(34)40/h2-18,28-30H,1H3/t28-,29-,30+/m1/s1. The van der Waals surface area contributed by atoms with Gasteiger partial charge in [-0.3, -0.25) is 14.4 Å². The van der Waals surface area contributed by atoms with Crippen molar-refractivity contribution in [3.8, 4) is 5.75 Å². The summed E-state index contributed by atoms with van der Waals surface area (Å²) in [6, 6.07) is 23.0. The fourth-order valence-electron chi connectivity index (χ4n) is 6.92. The molecule has 7 rings (SSSR count). The van der Waals surface area contributed by atoms with Gasteiger partial charge in [-0.05, 0) is 65.7 Å². The van der Waals surface area contributed by atoms with Crippen molar-refractivity contribution < 1.29 is 23.5 Å². The fourth-order valence-corrected chi connectivity index (χ4v) is 7.10. The number of fused-ring (bicyclic) bond motifs is 5. The summed E-state index contributed by atoms with van der Waals surface area (Å²) in [6.45, 7) is 0. The van der Waals surface area contributed by atoms with E-state index in [-0.39, 0.29) is 22.9 Å². The number of methoxy groups -OCH3 is 1. The van der Waals surface area contributed by atoms with Crippen LogP contribution in [-0.2, 0) is 0 Å². The molecule has 4 aromatic carbocycles. The number of Topliss-reactive ketones (excluding diaryl/α,β-unsaturated/α-hetero) is 3. The number of hydrogen-bond acceptors (Lipinski definition) is 5. The Balaban J connectivity index is 1.54. The molecule has 0 saturated carbocycles. The fraction of sp³-hybridized carbons (Fsp3) is 0.147. The predicted molar refractivity (Wildman–Crippen MR) is 155 cm³/mol. The number of carbonyl (C=O) groups excluding carboxylic acids is 3. The van der Waals surface area contributed by atoms with E-state index in [0.717, 1.165) is 5.56 Å². The van der Waals surface area contributed by atoms with Crippen molar-refractivity contribution >= 4 is 40.7 Å². The maximum absolute atomic E-state index is 14.6. The van der Waals surface area contributed by atoms with Crippen LogP contribution in [0.1, 0.15) is 48.1 Å². The Morgan fingerprint density at radius 2 is 1.56 bits per heavy atom. The Morgan fingerprint density at radius 1 is 0.902 bits per heavy atom. The summed E-state index contributed by atoms with van der Waals surface area (Å²) < 4.78 is 19.3. The minimum absolute atomic E-state index is 0.284. The lowest BCUT2D eigenvalue weighted by Gasteiger charge is -2.37. The maximum Gasteiger partial charge on any atom is 0.185 e. The van der Waals surface area contributed by atoms with Crippen LogP contribution in [0.15, 0.2) is 97.1 Å². The zero-order chi connectivity index (χ0) is 28.5. The molecular weight excluding hydrogens is 541 g/mol. The van der Waals surface area contributed by atoms with Crippen molar-refractivity contribution in [3.63, 3.8) is 0 Å². The zero-order valence-electron chi connectivity index (χ0n) is 21.9. The lowest BCUT2D eigenvalue weighted by molar-refractivity contribution is 0.0666. The molecule has 1 fully saturated rings. The van der Waals surface area contributed by atoms with Gasteiger partial charge in [-0.25, -0.2) is 4.39 Å². The van der Waals surface area contributed by atoms with Gasteiger partial charge in [0.05, 0.1) is 13.2 Å². The quantitative estimate of drug-likeness (QED) is 0.202. The van der Waals surface area contributed by atoms with Crippen LogP contribution in [-0.4, -0.2) is 36.5 Å². The van der Waals surface area contributed by atoms with Gasteiger partial charge in [0.1, 0.15) is 23.0 Å². The summed E-state index contributed by atoms with van der Waals surface area (Å²) in [7, 11) is 1.56. The first kappa shape index (κ1) is 25.4. The Morgan fingerprint density at radius 3 is 2.20 bits per heavy atom. The van der Waals surface area contributed by atoms with Crippen molar-refractivity contribution in [1.82, 2.24) is 0 Å². The molecule has 41 heavy (non-hydrogen) atoms. The first-order valence-electron chi connectivity index (χ1n) is 13.2. The molecule has 2 aliphatic heterocycles. The number of nitrogens with zero attached hydrogens (tertiary/aromatic N) is 1. The number of anilines is 1. The van der Waals surface area contributed by atoms with Crippen molar-refractivity contribution in [3.05, 3.63) is 136 Å². The molecule has 1 aliphatic carbocycles. The topological polar surface area (TPSA) is 63.7 Å². The van der Waals surface area contributed by atoms with E-state index in [1.807, 2.05) is 35.3 Å². The summed E-state index contributed by atoms with van der Waals surface area (Å²) in [5.41, 5.74) is 1.47. The number of halogens is 2. The van der Waals surface area contributed by atoms with E-state index in [0.29, 0.717) is 33.1 Å². The smallest absolute Gasteiger partial charge is 0.185 e. The normalized spacial score (nSPS) is 21.5. The van der Waals surface area contributed by atoms with Gasteiger partial charge in [0, 0.05) is 33.3 Å². The molecule has 2 heterocycles. The first-order chi connectivity index (χ1) is 19.9. The minimum atomic E-state index is -1.62. The molecule has 0 bridgehead atoms. The van der Waals surface area contributed by atoms with Crippen molar-refractivity contribution in [2.75, 3.05) is 12.0 Å². The van der Waals surface area contributed by atoms with Gasteiger partial charge in [-0.2, -0.15) is 0 Å². The third-order valence-electron chi connectivity index (χ3n) is 8.64. The van der Waals surface area contributed by atoms with Gasteiger partial charge in [0.15, 0.2) is 17.3 Å². The molecule has 0 amide bonds. The minimum Gasteiger partial charge on any atom is -0.497 e. The van der Waals surface area contributed by atoms with Crippen LogP contribution in [0.4, 0.5) is 10.1 Å². The van der Waals surface area contributed by atoms with Crippen LogP contribution in [0.3, 0.4) is 0 Å². The molecule has 3 aliphatic rings. The van der Waals surface area contributed by atoms with Gasteiger partial charge in [0.2, 0.25) is 0 Å². The Labute approximate surface area is 240 Å². The Bertz CT molecular complexity index is 1740. The molecule has 202 valence electrons. The van der Waals surface area contributed by atoms with Gasteiger partial charge >= 0.3 is 0 Å². The van der Waals surface area contributed by atoms with Crippen molar-refractivity contribution in [2.45, 2.75) is 18.0 Å². The maximum atomic E-state index is 14.6. The van der Waals surface area contributed by atoms with E-state index in [4.69, 9.17) is 16.3 Å². The first-order valence-corrected chi connectivity index (χ1v) is 13.6. The number of ketones is 3. The highest BCUT2D eigenvalue weighted by Gasteiger charge is 2.71. The van der Waals surface area contributed by atoms with Crippen molar-refractivity contribution in [2.24, 2.45) is 5.41 Å². The average Bonchev–Trinajstić information content (AvgIpc) is 3.43. The molecule has 3 atom stereocenters. The van der Waals surface area contributed by atoms with Crippen LogP contribution >= 0.6 is 11.6 Å². The number of benzene rings is 4.